The van der Waals surface area contributed by atoms with Crippen molar-refractivity contribution < 1.29 is 9.90 Å². The summed E-state index contributed by atoms with van der Waals surface area (Å²) in [4.78, 5) is 12.9. The van der Waals surface area contributed by atoms with Crippen molar-refractivity contribution in [1.29, 1.82) is 5.26 Å². The van der Waals surface area contributed by atoms with E-state index >= 15 is 0 Å². The topological polar surface area (TPSA) is 64.3 Å². The van der Waals surface area contributed by atoms with Gasteiger partial charge in [-0.1, -0.05) is 19.9 Å². The zero-order chi connectivity index (χ0) is 15.4. The molecule has 1 aromatic rings. The molecule has 4 heteroatoms. The summed E-state index contributed by atoms with van der Waals surface area (Å²) in [5, 5.41) is 18.1. The third-order valence-corrected chi connectivity index (χ3v) is 3.42. The second-order valence-corrected chi connectivity index (χ2v) is 5.84. The maximum absolute atomic E-state index is 10.6. The van der Waals surface area contributed by atoms with E-state index in [9.17, 15) is 10.1 Å². The minimum absolute atomic E-state index is 0.531. The zero-order valence-electron chi connectivity index (χ0n) is 12.4. The molecule has 0 heterocycles. The molecule has 1 aliphatic rings. The summed E-state index contributed by atoms with van der Waals surface area (Å²) in [6.45, 7) is 5.28. The lowest BCUT2D eigenvalue weighted by Crippen LogP contribution is -2.30. The predicted molar refractivity (Wildman–Crippen MR) is 83.0 cm³/mol. The third-order valence-electron chi connectivity index (χ3n) is 3.42. The standard InChI is InChI=1S/C17H20N2O2/c1-12(2)11-19(15-5-6-15)16-7-3-13(4-8-17(20)21)9-14(16)10-18/h3-4,7-9,12,15H,5-6,11H2,1-2H3,(H,20,21)/b8-4+. The maximum atomic E-state index is 10.6. The van der Waals surface area contributed by atoms with E-state index in [1.54, 1.807) is 6.07 Å². The Kier molecular flexibility index (Phi) is 4.64. The Labute approximate surface area is 125 Å². The van der Waals surface area contributed by atoms with E-state index in [-0.39, 0.29) is 0 Å². The fourth-order valence-corrected chi connectivity index (χ4v) is 2.39. The Morgan fingerprint density at radius 1 is 1.52 bits per heavy atom. The Bertz CT molecular complexity index is 595. The molecule has 0 unspecified atom stereocenters. The van der Waals surface area contributed by atoms with Gasteiger partial charge >= 0.3 is 5.97 Å². The van der Waals surface area contributed by atoms with Crippen molar-refractivity contribution in [2.24, 2.45) is 5.92 Å². The number of rotatable bonds is 6. The van der Waals surface area contributed by atoms with Gasteiger partial charge in [0, 0.05) is 18.7 Å². The molecule has 0 aliphatic heterocycles. The van der Waals surface area contributed by atoms with Gasteiger partial charge in [-0.3, -0.25) is 0 Å². The smallest absolute Gasteiger partial charge is 0.328 e. The van der Waals surface area contributed by atoms with Crippen LogP contribution in [0.3, 0.4) is 0 Å². The molecule has 0 atom stereocenters. The first-order valence-corrected chi connectivity index (χ1v) is 7.23. The number of nitrogens with zero attached hydrogens (tertiary/aromatic N) is 2. The molecule has 0 saturated heterocycles. The van der Waals surface area contributed by atoms with Gasteiger partial charge in [0.05, 0.1) is 11.3 Å². The Balaban J connectivity index is 2.30. The van der Waals surface area contributed by atoms with Gasteiger partial charge in [-0.05, 0) is 42.5 Å². The average Bonchev–Trinajstić information content (AvgIpc) is 3.26. The normalized spacial score (nSPS) is 14.4. The van der Waals surface area contributed by atoms with Crippen molar-refractivity contribution in [3.05, 3.63) is 35.4 Å². The summed E-state index contributed by atoms with van der Waals surface area (Å²) in [6.07, 6.45) is 4.95. The van der Waals surface area contributed by atoms with Gasteiger partial charge in [-0.15, -0.1) is 0 Å². The summed E-state index contributed by atoms with van der Waals surface area (Å²) in [6, 6.07) is 8.33. The molecular weight excluding hydrogens is 264 g/mol. The molecule has 21 heavy (non-hydrogen) atoms. The number of anilines is 1. The van der Waals surface area contributed by atoms with Gasteiger partial charge in [0.2, 0.25) is 0 Å². The summed E-state index contributed by atoms with van der Waals surface area (Å²) in [7, 11) is 0. The lowest BCUT2D eigenvalue weighted by atomic mass is 10.1. The van der Waals surface area contributed by atoms with Crippen LogP contribution in [0.2, 0.25) is 0 Å². The number of hydrogen-bond donors (Lipinski definition) is 1. The number of carboxylic acids is 1. The molecule has 0 amide bonds. The Morgan fingerprint density at radius 2 is 2.24 bits per heavy atom. The molecule has 1 saturated carbocycles. The highest BCUT2D eigenvalue weighted by Gasteiger charge is 2.30. The van der Waals surface area contributed by atoms with Crippen LogP contribution in [0.1, 0.15) is 37.8 Å². The van der Waals surface area contributed by atoms with Crippen molar-refractivity contribution in [2.45, 2.75) is 32.7 Å². The molecule has 1 aromatic carbocycles. The fourth-order valence-electron chi connectivity index (χ4n) is 2.39. The minimum atomic E-state index is -0.989. The van der Waals surface area contributed by atoms with E-state index in [2.05, 4.69) is 24.8 Å². The van der Waals surface area contributed by atoms with Gasteiger partial charge < -0.3 is 10.0 Å². The molecule has 1 fully saturated rings. The van der Waals surface area contributed by atoms with Crippen LogP contribution >= 0.6 is 0 Å². The van der Waals surface area contributed by atoms with Crippen LogP contribution in [0.4, 0.5) is 5.69 Å². The Hall–Kier alpha value is -2.28. The molecule has 2 rings (SSSR count). The molecular formula is C17H20N2O2. The van der Waals surface area contributed by atoms with E-state index in [4.69, 9.17) is 5.11 Å². The fraction of sp³-hybridized carbons (Fsp3) is 0.412. The van der Waals surface area contributed by atoms with Gasteiger partial charge in [0.1, 0.15) is 6.07 Å². The number of nitriles is 1. The van der Waals surface area contributed by atoms with E-state index in [1.165, 1.54) is 18.9 Å². The lowest BCUT2D eigenvalue weighted by molar-refractivity contribution is -0.131. The van der Waals surface area contributed by atoms with Crippen molar-refractivity contribution in [2.75, 3.05) is 11.4 Å². The number of carbonyl (C=O) groups is 1. The van der Waals surface area contributed by atoms with Crippen molar-refractivity contribution in [1.82, 2.24) is 0 Å². The molecule has 4 nitrogen and oxygen atoms in total. The summed E-state index contributed by atoms with van der Waals surface area (Å²) in [5.41, 5.74) is 2.30. The molecule has 1 N–H and O–H groups in total. The minimum Gasteiger partial charge on any atom is -0.478 e. The molecule has 0 aromatic heterocycles. The predicted octanol–water partition coefficient (Wildman–Crippen LogP) is 3.28. The SMILES string of the molecule is CC(C)CN(c1ccc(/C=C/C(=O)O)cc1C#N)C1CC1. The van der Waals surface area contributed by atoms with E-state index < -0.39 is 5.97 Å². The van der Waals surface area contributed by atoms with E-state index in [0.717, 1.165) is 23.9 Å². The van der Waals surface area contributed by atoms with Crippen molar-refractivity contribution in [3.63, 3.8) is 0 Å². The molecule has 1 aliphatic carbocycles. The van der Waals surface area contributed by atoms with Crippen molar-refractivity contribution in [3.8, 4) is 6.07 Å². The highest BCUT2D eigenvalue weighted by Crippen LogP contribution is 2.34. The number of carboxylic acid groups (broad SMARTS) is 1. The molecule has 110 valence electrons. The van der Waals surface area contributed by atoms with Gasteiger partial charge in [-0.25, -0.2) is 4.79 Å². The lowest BCUT2D eigenvalue weighted by Gasteiger charge is -2.27. The largest absolute Gasteiger partial charge is 0.478 e. The summed E-state index contributed by atoms with van der Waals surface area (Å²) >= 11 is 0. The zero-order valence-corrected chi connectivity index (χ0v) is 12.4. The first-order valence-electron chi connectivity index (χ1n) is 7.23. The first kappa shape index (κ1) is 15.1. The van der Waals surface area contributed by atoms with Gasteiger partial charge in [0.15, 0.2) is 0 Å². The summed E-state index contributed by atoms with van der Waals surface area (Å²) in [5.74, 6) is -0.458. The van der Waals surface area contributed by atoms with Gasteiger partial charge in [-0.2, -0.15) is 5.26 Å². The second kappa shape index (κ2) is 6.45. The van der Waals surface area contributed by atoms with Crippen molar-refractivity contribution >= 4 is 17.7 Å². The molecule has 0 radical (unpaired) electrons. The molecule has 0 spiro atoms. The van der Waals surface area contributed by atoms with Crippen LogP contribution in [0, 0.1) is 17.2 Å². The number of aliphatic carboxylic acids is 1. The van der Waals surface area contributed by atoms with E-state index in [0.29, 0.717) is 17.5 Å². The average molecular weight is 284 g/mol. The number of benzene rings is 1. The highest BCUT2D eigenvalue weighted by atomic mass is 16.4. The third kappa shape index (κ3) is 4.09. The molecule has 0 bridgehead atoms. The van der Waals surface area contributed by atoms with Crippen LogP contribution in [-0.2, 0) is 4.79 Å². The highest BCUT2D eigenvalue weighted by molar-refractivity contribution is 5.85. The van der Waals surface area contributed by atoms with Crippen LogP contribution in [0.15, 0.2) is 24.3 Å². The van der Waals surface area contributed by atoms with Crippen LogP contribution in [0.25, 0.3) is 6.08 Å². The van der Waals surface area contributed by atoms with Crippen LogP contribution in [-0.4, -0.2) is 23.7 Å². The number of hydrogen-bond acceptors (Lipinski definition) is 3. The van der Waals surface area contributed by atoms with Crippen LogP contribution in [0.5, 0.6) is 0 Å². The van der Waals surface area contributed by atoms with Crippen LogP contribution < -0.4 is 4.90 Å². The maximum Gasteiger partial charge on any atom is 0.328 e. The second-order valence-electron chi connectivity index (χ2n) is 5.84. The quantitative estimate of drug-likeness (QED) is 0.814. The first-order chi connectivity index (χ1) is 10.0. The monoisotopic (exact) mass is 284 g/mol. The summed E-state index contributed by atoms with van der Waals surface area (Å²) < 4.78 is 0. The van der Waals surface area contributed by atoms with Gasteiger partial charge in [0.25, 0.3) is 0 Å². The Morgan fingerprint density at radius 3 is 2.76 bits per heavy atom. The van der Waals surface area contributed by atoms with E-state index in [1.807, 2.05) is 12.1 Å².